The number of halogens is 2. The Labute approximate surface area is 188 Å². The molecule has 2 aromatic carbocycles. The smallest absolute Gasteiger partial charge is 0.277 e. The van der Waals surface area contributed by atoms with Crippen LogP contribution in [0.25, 0.3) is 5.52 Å². The summed E-state index contributed by atoms with van der Waals surface area (Å²) in [6.07, 6.45) is 3.18. The third-order valence-electron chi connectivity index (χ3n) is 5.04. The van der Waals surface area contributed by atoms with Crippen LogP contribution in [0.1, 0.15) is 27.2 Å². The molecule has 0 saturated heterocycles. The molecule has 0 bridgehead atoms. The molecule has 4 rings (SSSR count). The fourth-order valence-electron chi connectivity index (χ4n) is 3.44. The summed E-state index contributed by atoms with van der Waals surface area (Å²) >= 11 is 0. The molecule has 2 heterocycles. The number of aromatic nitrogens is 1. The molecule has 1 amide bonds. The zero-order valence-electron chi connectivity index (χ0n) is 17.6. The molecule has 6 nitrogen and oxygen atoms in total. The van der Waals surface area contributed by atoms with Gasteiger partial charge in [-0.1, -0.05) is 18.2 Å². The van der Waals surface area contributed by atoms with Crippen molar-refractivity contribution in [2.24, 2.45) is 5.10 Å². The molecule has 2 aromatic heterocycles. The van der Waals surface area contributed by atoms with E-state index < -0.39 is 24.1 Å². The van der Waals surface area contributed by atoms with Crippen LogP contribution in [0.3, 0.4) is 0 Å². The quantitative estimate of drug-likeness (QED) is 0.261. The molecule has 0 unspecified atom stereocenters. The summed E-state index contributed by atoms with van der Waals surface area (Å²) in [6, 6.07) is 16.5. The van der Waals surface area contributed by atoms with Crippen molar-refractivity contribution in [3.05, 3.63) is 107 Å². The van der Waals surface area contributed by atoms with E-state index in [0.29, 0.717) is 27.9 Å². The van der Waals surface area contributed by atoms with Crippen LogP contribution in [-0.2, 0) is 4.79 Å². The lowest BCUT2D eigenvalue weighted by molar-refractivity contribution is -0.123. The highest BCUT2D eigenvalue weighted by Crippen LogP contribution is 2.24. The van der Waals surface area contributed by atoms with E-state index in [1.165, 1.54) is 48.7 Å². The van der Waals surface area contributed by atoms with Crippen LogP contribution in [0.15, 0.2) is 78.0 Å². The second kappa shape index (κ2) is 9.44. The SMILES string of the molecule is Cc1c(/C=N\NC(=O)COc2ccccc2F)c2ccccn2c1C(=O)c1ccc(F)cc1. The Kier molecular flexibility index (Phi) is 6.26. The summed E-state index contributed by atoms with van der Waals surface area (Å²) in [5, 5.41) is 3.97. The molecule has 0 spiro atoms. The number of nitrogens with zero attached hydrogens (tertiary/aromatic N) is 2. The van der Waals surface area contributed by atoms with Crippen LogP contribution in [0, 0.1) is 18.6 Å². The van der Waals surface area contributed by atoms with Gasteiger partial charge in [0.1, 0.15) is 5.82 Å². The lowest BCUT2D eigenvalue weighted by Gasteiger charge is -2.05. The number of carbonyl (C=O) groups excluding carboxylic acids is 2. The number of hydrazone groups is 1. The van der Waals surface area contributed by atoms with Crippen LogP contribution < -0.4 is 10.2 Å². The van der Waals surface area contributed by atoms with Gasteiger partial charge in [-0.15, -0.1) is 0 Å². The summed E-state index contributed by atoms with van der Waals surface area (Å²) in [5.41, 5.74) is 5.09. The summed E-state index contributed by atoms with van der Waals surface area (Å²) in [4.78, 5) is 25.2. The topological polar surface area (TPSA) is 72.2 Å². The standard InChI is InChI=1S/C25H19F2N3O3/c1-16-19(14-28-29-23(31)15-33-22-8-3-2-6-20(22)27)21-7-4-5-13-30(21)24(16)25(32)17-9-11-18(26)12-10-17/h2-14H,15H2,1H3,(H,29,31)/b28-14-. The minimum atomic E-state index is -0.571. The van der Waals surface area contributed by atoms with Gasteiger partial charge in [0.2, 0.25) is 5.78 Å². The van der Waals surface area contributed by atoms with Crippen LogP contribution in [0.4, 0.5) is 8.78 Å². The van der Waals surface area contributed by atoms with Crippen molar-refractivity contribution in [2.45, 2.75) is 6.92 Å². The highest BCUT2D eigenvalue weighted by Gasteiger charge is 2.21. The average Bonchev–Trinajstić information content (AvgIpc) is 3.10. The van der Waals surface area contributed by atoms with Gasteiger partial charge >= 0.3 is 0 Å². The maximum absolute atomic E-state index is 13.6. The van der Waals surface area contributed by atoms with E-state index >= 15 is 0 Å². The second-order valence-corrected chi connectivity index (χ2v) is 7.19. The molecule has 0 atom stereocenters. The molecule has 8 heteroatoms. The number of benzene rings is 2. The number of ketones is 1. The normalized spacial score (nSPS) is 11.1. The van der Waals surface area contributed by atoms with Gasteiger partial charge in [0.05, 0.1) is 17.4 Å². The van der Waals surface area contributed by atoms with E-state index in [-0.39, 0.29) is 11.5 Å². The Morgan fingerprint density at radius 3 is 2.52 bits per heavy atom. The third kappa shape index (κ3) is 4.64. The van der Waals surface area contributed by atoms with E-state index in [9.17, 15) is 18.4 Å². The number of pyridine rings is 1. The fourth-order valence-corrected chi connectivity index (χ4v) is 3.44. The van der Waals surface area contributed by atoms with Gasteiger partial charge in [-0.25, -0.2) is 14.2 Å². The van der Waals surface area contributed by atoms with E-state index in [2.05, 4.69) is 10.5 Å². The maximum Gasteiger partial charge on any atom is 0.277 e. The Bertz CT molecular complexity index is 1360. The molecule has 0 fully saturated rings. The Balaban J connectivity index is 1.54. The minimum Gasteiger partial charge on any atom is -0.481 e. The van der Waals surface area contributed by atoms with Crippen molar-refractivity contribution in [1.29, 1.82) is 0 Å². The molecule has 1 N–H and O–H groups in total. The molecular weight excluding hydrogens is 428 g/mol. The predicted octanol–water partition coefficient (Wildman–Crippen LogP) is 4.29. The summed E-state index contributed by atoms with van der Waals surface area (Å²) < 4.78 is 33.7. The number of para-hydroxylation sites is 1. The van der Waals surface area contributed by atoms with Gasteiger partial charge in [-0.3, -0.25) is 9.59 Å². The number of rotatable bonds is 7. The molecule has 0 aliphatic heterocycles. The van der Waals surface area contributed by atoms with Gasteiger partial charge < -0.3 is 9.14 Å². The summed E-state index contributed by atoms with van der Waals surface area (Å²) in [6.45, 7) is 1.36. The maximum atomic E-state index is 13.6. The predicted molar refractivity (Wildman–Crippen MR) is 120 cm³/mol. The van der Waals surface area contributed by atoms with Crippen LogP contribution in [-0.4, -0.2) is 28.9 Å². The highest BCUT2D eigenvalue weighted by molar-refractivity contribution is 6.12. The molecular formula is C25H19F2N3O3. The fraction of sp³-hybridized carbons (Fsp3) is 0.0800. The molecule has 33 heavy (non-hydrogen) atoms. The molecule has 4 aromatic rings. The van der Waals surface area contributed by atoms with Gasteiger partial charge in [0.15, 0.2) is 18.2 Å². The number of hydrogen-bond donors (Lipinski definition) is 1. The van der Waals surface area contributed by atoms with Crippen LogP contribution in [0.5, 0.6) is 5.75 Å². The zero-order valence-corrected chi connectivity index (χ0v) is 17.6. The van der Waals surface area contributed by atoms with Gasteiger partial charge in [0, 0.05) is 17.3 Å². The minimum absolute atomic E-state index is 0.0325. The summed E-state index contributed by atoms with van der Waals surface area (Å²) in [7, 11) is 0. The van der Waals surface area contributed by atoms with E-state index in [4.69, 9.17) is 4.74 Å². The van der Waals surface area contributed by atoms with Crippen molar-refractivity contribution in [2.75, 3.05) is 6.61 Å². The number of hydrogen-bond acceptors (Lipinski definition) is 4. The Morgan fingerprint density at radius 2 is 1.76 bits per heavy atom. The van der Waals surface area contributed by atoms with Crippen molar-refractivity contribution in [1.82, 2.24) is 9.83 Å². The summed E-state index contributed by atoms with van der Waals surface area (Å²) in [5.74, 6) is -1.86. The largest absolute Gasteiger partial charge is 0.481 e. The van der Waals surface area contributed by atoms with Gasteiger partial charge in [-0.05, 0) is 61.0 Å². The number of carbonyl (C=O) groups is 2. The molecule has 0 aliphatic carbocycles. The lowest BCUT2D eigenvalue weighted by atomic mass is 10.0. The molecule has 0 radical (unpaired) electrons. The van der Waals surface area contributed by atoms with Crippen molar-refractivity contribution in [3.8, 4) is 5.75 Å². The number of amides is 1. The first-order chi connectivity index (χ1) is 16.0. The number of nitrogens with one attached hydrogen (secondary N) is 1. The first kappa shape index (κ1) is 21.9. The van der Waals surface area contributed by atoms with E-state index in [0.717, 1.165) is 0 Å². The van der Waals surface area contributed by atoms with E-state index in [1.54, 1.807) is 29.7 Å². The monoisotopic (exact) mass is 447 g/mol. The van der Waals surface area contributed by atoms with Crippen molar-refractivity contribution >= 4 is 23.4 Å². The second-order valence-electron chi connectivity index (χ2n) is 7.19. The van der Waals surface area contributed by atoms with Crippen LogP contribution in [0.2, 0.25) is 0 Å². The van der Waals surface area contributed by atoms with Crippen molar-refractivity contribution in [3.63, 3.8) is 0 Å². The first-order valence-electron chi connectivity index (χ1n) is 10.0. The lowest BCUT2D eigenvalue weighted by Crippen LogP contribution is -2.24. The zero-order chi connectivity index (χ0) is 23.4. The van der Waals surface area contributed by atoms with E-state index in [1.807, 2.05) is 12.1 Å². The highest BCUT2D eigenvalue weighted by atomic mass is 19.1. The number of fused-ring (bicyclic) bond motifs is 1. The van der Waals surface area contributed by atoms with Gasteiger partial charge in [-0.2, -0.15) is 5.10 Å². The Hall–Kier alpha value is -4.33. The molecule has 166 valence electrons. The first-order valence-corrected chi connectivity index (χ1v) is 10.0. The van der Waals surface area contributed by atoms with Crippen LogP contribution >= 0.6 is 0 Å². The Morgan fingerprint density at radius 1 is 1.03 bits per heavy atom. The average molecular weight is 447 g/mol. The van der Waals surface area contributed by atoms with Gasteiger partial charge in [0.25, 0.3) is 5.91 Å². The molecule has 0 saturated carbocycles. The van der Waals surface area contributed by atoms with Crippen molar-refractivity contribution < 1.29 is 23.1 Å². The third-order valence-corrected chi connectivity index (χ3v) is 5.04. The number of ether oxygens (including phenoxy) is 1. The molecule has 0 aliphatic rings.